The lowest BCUT2D eigenvalue weighted by atomic mass is 10.1. The largest absolute Gasteiger partial charge is 0.508 e. The highest BCUT2D eigenvalue weighted by Crippen LogP contribution is 2.48. The number of nitrogens with one attached hydrogen (secondary N) is 1. The molecule has 0 fully saturated rings. The van der Waals surface area contributed by atoms with Gasteiger partial charge in [0.15, 0.2) is 5.69 Å². The number of nitrogens with zero attached hydrogens (tertiary/aromatic N) is 2. The molecule has 0 bridgehead atoms. The van der Waals surface area contributed by atoms with Crippen molar-refractivity contribution in [2.75, 3.05) is 0 Å². The Morgan fingerprint density at radius 3 is 2.52 bits per heavy atom. The van der Waals surface area contributed by atoms with E-state index in [1.165, 1.54) is 18.2 Å². The molecule has 29 heavy (non-hydrogen) atoms. The predicted molar refractivity (Wildman–Crippen MR) is 106 cm³/mol. The van der Waals surface area contributed by atoms with Gasteiger partial charge in [0.25, 0.3) is 5.91 Å². The summed E-state index contributed by atoms with van der Waals surface area (Å²) in [6.45, 7) is 0.419. The molecule has 1 aliphatic heterocycles. The van der Waals surface area contributed by atoms with Gasteiger partial charge in [0.2, 0.25) is 6.29 Å². The molecule has 0 spiro atoms. The van der Waals surface area contributed by atoms with E-state index >= 15 is 0 Å². The molecule has 1 aliphatic rings. The third-order valence-electron chi connectivity index (χ3n) is 4.88. The van der Waals surface area contributed by atoms with Gasteiger partial charge in [-0.15, -0.1) is 0 Å². The van der Waals surface area contributed by atoms with Crippen LogP contribution in [0.4, 0.5) is 15.8 Å². The summed E-state index contributed by atoms with van der Waals surface area (Å²) in [5.41, 5.74) is 3.51. The molecule has 2 N–H and O–H groups in total. The molecule has 0 saturated heterocycles. The Hall–Kier alpha value is -3.84. The Balaban J connectivity index is 1.93. The first kappa shape index (κ1) is 18.5. The van der Waals surface area contributed by atoms with Crippen LogP contribution in [-0.4, -0.2) is 22.3 Å². The molecule has 1 amide bonds. The van der Waals surface area contributed by atoms with Crippen LogP contribution >= 0.6 is 0 Å². The Kier molecular flexibility index (Phi) is 4.66. The third-order valence-corrected chi connectivity index (χ3v) is 4.88. The smallest absolute Gasteiger partial charge is 0.288 e. The van der Waals surface area contributed by atoms with Gasteiger partial charge in [0.05, 0.1) is 5.56 Å². The lowest BCUT2D eigenvalue weighted by Crippen LogP contribution is -2.36. The second-order valence-corrected chi connectivity index (χ2v) is 6.71. The number of phenols is 1. The van der Waals surface area contributed by atoms with E-state index in [9.17, 15) is 19.1 Å². The molecule has 7 heteroatoms. The van der Waals surface area contributed by atoms with Gasteiger partial charge in [-0.05, 0) is 24.3 Å². The lowest BCUT2D eigenvalue weighted by Gasteiger charge is -2.31. The standard InChI is InChI=1S/C22H16FN3O3/c23-16-3-1-15(2-4-16)12-26(17-7-9-24-10-8-17)13-20(25-22(29)14-27)19-11-18(28)5-6-21(19)26/h1-11,13-14H,12H2,(H-,25,28,29)/p+1. The highest BCUT2D eigenvalue weighted by atomic mass is 19.1. The molecule has 144 valence electrons. The Labute approximate surface area is 166 Å². The monoisotopic (exact) mass is 390 g/mol. The molecule has 1 atom stereocenters. The minimum absolute atomic E-state index is 0.0338. The summed E-state index contributed by atoms with van der Waals surface area (Å²) in [7, 11) is 0. The Morgan fingerprint density at radius 2 is 1.83 bits per heavy atom. The number of hydrogen-bond donors (Lipinski definition) is 2. The van der Waals surface area contributed by atoms with Crippen molar-refractivity contribution in [3.05, 3.63) is 90.1 Å². The van der Waals surface area contributed by atoms with Gasteiger partial charge in [-0.1, -0.05) is 12.1 Å². The zero-order chi connectivity index (χ0) is 20.4. The molecule has 0 radical (unpaired) electrons. The second-order valence-electron chi connectivity index (χ2n) is 6.71. The number of aromatic nitrogens is 1. The van der Waals surface area contributed by atoms with Gasteiger partial charge in [0, 0.05) is 36.2 Å². The van der Waals surface area contributed by atoms with Crippen LogP contribution in [0.1, 0.15) is 11.1 Å². The molecule has 0 saturated carbocycles. The molecule has 4 rings (SSSR count). The fraction of sp³-hybridized carbons (Fsp3) is 0.0455. The van der Waals surface area contributed by atoms with Crippen molar-refractivity contribution in [1.29, 1.82) is 0 Å². The first-order chi connectivity index (χ1) is 14.0. The number of pyridine rings is 1. The number of benzene rings is 2. The van der Waals surface area contributed by atoms with E-state index in [4.69, 9.17) is 0 Å². The molecule has 2 heterocycles. The third kappa shape index (κ3) is 3.39. The number of rotatable bonds is 5. The number of carbonyl (C=O) groups excluding carboxylic acids is 2. The van der Waals surface area contributed by atoms with Crippen molar-refractivity contribution in [2.24, 2.45) is 0 Å². The number of hydrogen-bond acceptors (Lipinski definition) is 4. The molecule has 3 aromatic rings. The predicted octanol–water partition coefficient (Wildman–Crippen LogP) is 3.39. The average Bonchev–Trinajstić information content (AvgIpc) is 3.03. The summed E-state index contributed by atoms with van der Waals surface area (Å²) in [5, 5.41) is 12.6. The van der Waals surface area contributed by atoms with Crippen LogP contribution < -0.4 is 9.80 Å². The lowest BCUT2D eigenvalue weighted by molar-refractivity contribution is -0.130. The number of halogens is 1. The summed E-state index contributed by atoms with van der Waals surface area (Å²) in [5.74, 6) is -1.08. The fourth-order valence-corrected chi connectivity index (χ4v) is 3.63. The van der Waals surface area contributed by atoms with E-state index in [0.717, 1.165) is 16.9 Å². The van der Waals surface area contributed by atoms with E-state index < -0.39 is 5.91 Å². The van der Waals surface area contributed by atoms with Gasteiger partial charge in [-0.25, -0.2) is 8.87 Å². The normalized spacial score (nSPS) is 17.3. The summed E-state index contributed by atoms with van der Waals surface area (Å²) in [6, 6.07) is 14.8. The molecule has 1 aromatic heterocycles. The van der Waals surface area contributed by atoms with Crippen molar-refractivity contribution < 1.29 is 19.1 Å². The van der Waals surface area contributed by atoms with Crippen molar-refractivity contribution in [3.63, 3.8) is 0 Å². The van der Waals surface area contributed by atoms with E-state index in [1.54, 1.807) is 36.7 Å². The van der Waals surface area contributed by atoms with E-state index in [0.29, 0.717) is 17.8 Å². The van der Waals surface area contributed by atoms with Crippen molar-refractivity contribution in [1.82, 2.24) is 14.8 Å². The van der Waals surface area contributed by atoms with Crippen LogP contribution in [0.2, 0.25) is 0 Å². The summed E-state index contributed by atoms with van der Waals surface area (Å²) >= 11 is 0. The Bertz CT molecular complexity index is 1110. The minimum atomic E-state index is -0.790. The zero-order valence-electron chi connectivity index (χ0n) is 15.2. The fourth-order valence-electron chi connectivity index (χ4n) is 3.63. The number of aldehydes is 1. The molecule has 2 aromatic carbocycles. The highest BCUT2D eigenvalue weighted by molar-refractivity contribution is 6.26. The van der Waals surface area contributed by atoms with E-state index in [-0.39, 0.29) is 22.3 Å². The number of amides is 1. The van der Waals surface area contributed by atoms with Crippen LogP contribution in [0.3, 0.4) is 0 Å². The van der Waals surface area contributed by atoms with Crippen LogP contribution in [-0.2, 0) is 16.1 Å². The summed E-state index contributed by atoms with van der Waals surface area (Å²) in [6.07, 6.45) is 5.33. The number of quaternary nitrogens is 1. The second kappa shape index (κ2) is 7.29. The molecule has 0 aliphatic carbocycles. The van der Waals surface area contributed by atoms with Crippen LogP contribution in [0.15, 0.2) is 73.2 Å². The summed E-state index contributed by atoms with van der Waals surface area (Å²) < 4.78 is 13.6. The van der Waals surface area contributed by atoms with Crippen molar-refractivity contribution in [3.8, 4) is 5.75 Å². The van der Waals surface area contributed by atoms with E-state index in [2.05, 4.69) is 10.3 Å². The first-order valence-corrected chi connectivity index (χ1v) is 8.87. The number of fused-ring (bicyclic) bond motifs is 1. The van der Waals surface area contributed by atoms with Crippen LogP contribution in [0, 0.1) is 5.82 Å². The van der Waals surface area contributed by atoms with Crippen LogP contribution in [0.25, 0.3) is 5.70 Å². The first-order valence-electron chi connectivity index (χ1n) is 8.87. The Morgan fingerprint density at radius 1 is 1.10 bits per heavy atom. The number of carbonyl (C=O) groups is 2. The molecular weight excluding hydrogens is 373 g/mol. The van der Waals surface area contributed by atoms with Crippen molar-refractivity contribution >= 4 is 29.3 Å². The van der Waals surface area contributed by atoms with Crippen LogP contribution in [0.5, 0.6) is 5.75 Å². The van der Waals surface area contributed by atoms with Crippen molar-refractivity contribution in [2.45, 2.75) is 6.54 Å². The number of phenolic OH excluding ortho intramolecular Hbond substituents is 1. The maximum Gasteiger partial charge on any atom is 0.288 e. The van der Waals surface area contributed by atoms with Gasteiger partial charge in [-0.2, -0.15) is 0 Å². The molecule has 1 unspecified atom stereocenters. The SMILES string of the molecule is O=CC(=O)NC1=C[N+](Cc2ccc(F)cc2)(c2ccncc2)c2ccc(O)cc21. The minimum Gasteiger partial charge on any atom is -0.508 e. The molecule has 6 nitrogen and oxygen atoms in total. The van der Waals surface area contributed by atoms with E-state index in [1.807, 2.05) is 18.3 Å². The van der Waals surface area contributed by atoms with Gasteiger partial charge < -0.3 is 10.4 Å². The van der Waals surface area contributed by atoms with Gasteiger partial charge >= 0.3 is 0 Å². The summed E-state index contributed by atoms with van der Waals surface area (Å²) in [4.78, 5) is 26.7. The topological polar surface area (TPSA) is 79.3 Å². The number of aromatic hydroxyl groups is 1. The highest BCUT2D eigenvalue weighted by Gasteiger charge is 2.41. The zero-order valence-corrected chi connectivity index (χ0v) is 15.2. The van der Waals surface area contributed by atoms with Gasteiger partial charge in [-0.3, -0.25) is 14.6 Å². The average molecular weight is 390 g/mol. The van der Waals surface area contributed by atoms with Gasteiger partial charge in [0.1, 0.15) is 35.7 Å². The maximum absolute atomic E-state index is 13.4. The molecular formula is C22H17FN3O3+. The maximum atomic E-state index is 13.4. The quantitative estimate of drug-likeness (QED) is 0.398.